The van der Waals surface area contributed by atoms with E-state index in [-0.39, 0.29) is 6.61 Å². The largest absolute Gasteiger partial charge is 0.490 e. The van der Waals surface area contributed by atoms with Gasteiger partial charge in [-0.05, 0) is 58.2 Å². The zero-order chi connectivity index (χ0) is 18.7. The van der Waals surface area contributed by atoms with Gasteiger partial charge in [0, 0.05) is 10.0 Å². The molecule has 0 radical (unpaired) electrons. The van der Waals surface area contributed by atoms with Crippen LogP contribution < -0.4 is 4.74 Å². The summed E-state index contributed by atoms with van der Waals surface area (Å²) in [6.07, 6.45) is -0.263. The Hall–Kier alpha value is -0.940. The van der Waals surface area contributed by atoms with Crippen molar-refractivity contribution in [2.75, 3.05) is 6.61 Å². The van der Waals surface area contributed by atoms with Gasteiger partial charge in [0.1, 0.15) is 12.4 Å². The van der Waals surface area contributed by atoms with Crippen molar-refractivity contribution in [1.82, 2.24) is 4.90 Å². The first kappa shape index (κ1) is 21.1. The number of halogens is 2. The predicted octanol–water partition coefficient (Wildman–Crippen LogP) is 6.06. The fraction of sp³-hybridized carbons (Fsp3) is 0.611. The minimum absolute atomic E-state index is 0.232. The molecule has 1 atom stereocenters. The fourth-order valence-electron chi connectivity index (χ4n) is 3.25. The van der Waals surface area contributed by atoms with Gasteiger partial charge in [0.2, 0.25) is 0 Å². The Balaban J connectivity index is 3.13. The standard InChI is InChI=1S/C18H27BrClNO3/c1-12(2)10-18(6,21(16(22)23)17(3,4)5)11-24-15-8-7-13(19)9-14(15)20/h7-9,12H,10-11H2,1-6H3,(H,22,23)/t18-/m0/s1. The first-order valence-corrected chi connectivity index (χ1v) is 9.15. The molecule has 0 aromatic heterocycles. The van der Waals surface area contributed by atoms with Crippen LogP contribution in [0.25, 0.3) is 0 Å². The van der Waals surface area contributed by atoms with Crippen LogP contribution in [0.4, 0.5) is 4.79 Å². The number of rotatable bonds is 6. The molecule has 0 aliphatic heterocycles. The summed E-state index contributed by atoms with van der Waals surface area (Å²) in [6, 6.07) is 5.39. The molecule has 1 rings (SSSR count). The van der Waals surface area contributed by atoms with Crippen LogP contribution in [0.15, 0.2) is 22.7 Å². The van der Waals surface area contributed by atoms with Crippen LogP contribution >= 0.6 is 27.5 Å². The van der Waals surface area contributed by atoms with E-state index in [0.717, 1.165) is 4.47 Å². The van der Waals surface area contributed by atoms with Crippen molar-refractivity contribution in [3.63, 3.8) is 0 Å². The lowest BCUT2D eigenvalue weighted by Gasteiger charge is -2.47. The van der Waals surface area contributed by atoms with E-state index in [0.29, 0.717) is 23.1 Å². The molecular formula is C18H27BrClNO3. The van der Waals surface area contributed by atoms with Crippen LogP contribution in [0.2, 0.25) is 5.02 Å². The first-order chi connectivity index (χ1) is 10.9. The highest BCUT2D eigenvalue weighted by molar-refractivity contribution is 9.10. The Labute approximate surface area is 158 Å². The molecule has 0 fully saturated rings. The average molecular weight is 421 g/mol. The SMILES string of the molecule is CC(C)C[C@@](C)(COc1ccc(Br)cc1Cl)N(C(=O)O)C(C)(C)C. The molecule has 1 aromatic rings. The average Bonchev–Trinajstić information content (AvgIpc) is 2.33. The zero-order valence-electron chi connectivity index (χ0n) is 15.2. The lowest BCUT2D eigenvalue weighted by atomic mass is 9.86. The van der Waals surface area contributed by atoms with Gasteiger partial charge < -0.3 is 9.84 Å². The maximum Gasteiger partial charge on any atom is 0.408 e. The van der Waals surface area contributed by atoms with E-state index in [2.05, 4.69) is 29.8 Å². The minimum atomic E-state index is -0.948. The summed E-state index contributed by atoms with van der Waals surface area (Å²) in [5, 5.41) is 10.3. The maximum atomic E-state index is 11.9. The normalized spacial score (nSPS) is 14.4. The Kier molecular flexibility index (Phi) is 7.00. The lowest BCUT2D eigenvalue weighted by Crippen LogP contribution is -2.61. The van der Waals surface area contributed by atoms with Gasteiger partial charge in [-0.15, -0.1) is 0 Å². The van der Waals surface area contributed by atoms with E-state index in [1.165, 1.54) is 4.90 Å². The minimum Gasteiger partial charge on any atom is -0.490 e. The van der Waals surface area contributed by atoms with E-state index in [1.807, 2.05) is 33.8 Å². The van der Waals surface area contributed by atoms with Crippen molar-refractivity contribution >= 4 is 33.6 Å². The van der Waals surface area contributed by atoms with Gasteiger partial charge in [0.05, 0.1) is 10.6 Å². The molecular weight excluding hydrogens is 394 g/mol. The maximum absolute atomic E-state index is 11.9. The van der Waals surface area contributed by atoms with Gasteiger partial charge >= 0.3 is 6.09 Å². The summed E-state index contributed by atoms with van der Waals surface area (Å²) in [6.45, 7) is 12.0. The number of nitrogens with zero attached hydrogens (tertiary/aromatic N) is 1. The molecule has 0 aliphatic rings. The van der Waals surface area contributed by atoms with Gasteiger partial charge in [0.25, 0.3) is 0 Å². The molecule has 1 aromatic carbocycles. The predicted molar refractivity (Wildman–Crippen MR) is 102 cm³/mol. The summed E-state index contributed by atoms with van der Waals surface area (Å²) in [5.41, 5.74) is -1.21. The second-order valence-corrected chi connectivity index (χ2v) is 9.07. The molecule has 6 heteroatoms. The molecule has 0 heterocycles. The van der Waals surface area contributed by atoms with Crippen LogP contribution in [0, 0.1) is 5.92 Å². The van der Waals surface area contributed by atoms with Gasteiger partial charge in [-0.1, -0.05) is 41.4 Å². The Morgan fingerprint density at radius 3 is 2.33 bits per heavy atom. The monoisotopic (exact) mass is 419 g/mol. The third-order valence-corrected chi connectivity index (χ3v) is 4.47. The van der Waals surface area contributed by atoms with E-state index in [4.69, 9.17) is 16.3 Å². The molecule has 1 amide bonds. The number of hydrogen-bond acceptors (Lipinski definition) is 2. The van der Waals surface area contributed by atoms with E-state index in [9.17, 15) is 9.90 Å². The van der Waals surface area contributed by atoms with Crippen molar-refractivity contribution in [3.05, 3.63) is 27.7 Å². The number of hydrogen-bond donors (Lipinski definition) is 1. The highest BCUT2D eigenvalue weighted by Gasteiger charge is 2.43. The van der Waals surface area contributed by atoms with Crippen molar-refractivity contribution in [1.29, 1.82) is 0 Å². The number of benzene rings is 1. The lowest BCUT2D eigenvalue weighted by molar-refractivity contribution is -0.0108. The molecule has 0 spiro atoms. The smallest absolute Gasteiger partial charge is 0.408 e. The summed E-state index contributed by atoms with van der Waals surface area (Å²) in [7, 11) is 0. The third kappa shape index (κ3) is 5.55. The fourth-order valence-corrected chi connectivity index (χ4v) is 3.98. The molecule has 0 bridgehead atoms. The number of amides is 1. The van der Waals surface area contributed by atoms with Crippen molar-refractivity contribution in [2.24, 2.45) is 5.92 Å². The van der Waals surface area contributed by atoms with Crippen LogP contribution in [-0.4, -0.2) is 33.8 Å². The van der Waals surface area contributed by atoms with Gasteiger partial charge in [0.15, 0.2) is 0 Å². The zero-order valence-corrected chi connectivity index (χ0v) is 17.5. The van der Waals surface area contributed by atoms with Crippen LogP contribution in [0.1, 0.15) is 48.0 Å². The molecule has 1 N–H and O–H groups in total. The highest BCUT2D eigenvalue weighted by Crippen LogP contribution is 2.34. The Bertz CT molecular complexity index is 586. The molecule has 0 saturated carbocycles. The van der Waals surface area contributed by atoms with Gasteiger partial charge in [-0.3, -0.25) is 4.90 Å². The van der Waals surface area contributed by atoms with E-state index < -0.39 is 17.2 Å². The molecule has 4 nitrogen and oxygen atoms in total. The summed E-state index contributed by atoms with van der Waals surface area (Å²) in [4.78, 5) is 13.4. The highest BCUT2D eigenvalue weighted by atomic mass is 79.9. The number of ether oxygens (including phenoxy) is 1. The van der Waals surface area contributed by atoms with Crippen molar-refractivity contribution in [3.8, 4) is 5.75 Å². The van der Waals surface area contributed by atoms with E-state index in [1.54, 1.807) is 12.1 Å². The second kappa shape index (κ2) is 7.96. The van der Waals surface area contributed by atoms with Crippen molar-refractivity contribution in [2.45, 2.75) is 59.0 Å². The molecule has 24 heavy (non-hydrogen) atoms. The Morgan fingerprint density at radius 1 is 1.33 bits per heavy atom. The number of carbonyl (C=O) groups is 1. The van der Waals surface area contributed by atoms with Crippen LogP contribution in [0.5, 0.6) is 5.75 Å². The third-order valence-electron chi connectivity index (χ3n) is 3.68. The van der Waals surface area contributed by atoms with Gasteiger partial charge in [-0.2, -0.15) is 0 Å². The van der Waals surface area contributed by atoms with E-state index >= 15 is 0 Å². The summed E-state index contributed by atoms with van der Waals surface area (Å²) >= 11 is 9.57. The number of carboxylic acid groups (broad SMARTS) is 1. The van der Waals surface area contributed by atoms with Crippen LogP contribution in [0.3, 0.4) is 0 Å². The molecule has 0 aliphatic carbocycles. The first-order valence-electron chi connectivity index (χ1n) is 7.98. The topological polar surface area (TPSA) is 49.8 Å². The second-order valence-electron chi connectivity index (χ2n) is 7.75. The summed E-state index contributed by atoms with van der Waals surface area (Å²) in [5.74, 6) is 0.872. The van der Waals surface area contributed by atoms with Gasteiger partial charge in [-0.25, -0.2) is 4.79 Å². The Morgan fingerprint density at radius 2 is 1.92 bits per heavy atom. The summed E-state index contributed by atoms with van der Waals surface area (Å²) < 4.78 is 6.79. The molecule has 136 valence electrons. The molecule has 0 unspecified atom stereocenters. The quantitative estimate of drug-likeness (QED) is 0.608. The molecule has 0 saturated heterocycles. The van der Waals surface area contributed by atoms with Crippen molar-refractivity contribution < 1.29 is 14.6 Å². The van der Waals surface area contributed by atoms with Crippen LogP contribution in [-0.2, 0) is 0 Å².